The van der Waals surface area contributed by atoms with E-state index in [4.69, 9.17) is 23.2 Å². The molecule has 0 spiro atoms. The number of anilines is 2. The molecule has 2 nitrogen and oxygen atoms in total. The van der Waals surface area contributed by atoms with E-state index in [-0.39, 0.29) is 0 Å². The van der Waals surface area contributed by atoms with Crippen molar-refractivity contribution in [2.24, 2.45) is 0 Å². The Morgan fingerprint density at radius 1 is 1.11 bits per heavy atom. The van der Waals surface area contributed by atoms with Crippen LogP contribution in [0.5, 0.6) is 0 Å². The average Bonchev–Trinajstić information content (AvgIpc) is 2.34. The molecule has 1 aromatic heterocycles. The number of hydrogen-bond acceptors (Lipinski definition) is 2. The highest BCUT2D eigenvalue weighted by Crippen LogP contribution is 2.34. The fourth-order valence-corrected chi connectivity index (χ4v) is 2.20. The number of aryl methyl sites for hydroxylation is 2. The number of benzene rings is 1. The summed E-state index contributed by atoms with van der Waals surface area (Å²) >= 11 is 15.8. The second-order valence-electron chi connectivity index (χ2n) is 3.94. The Labute approximate surface area is 124 Å². The van der Waals surface area contributed by atoms with Gasteiger partial charge >= 0.3 is 0 Å². The van der Waals surface area contributed by atoms with Gasteiger partial charge in [0.25, 0.3) is 0 Å². The summed E-state index contributed by atoms with van der Waals surface area (Å²) < 4.78 is 0.967. The van der Waals surface area contributed by atoms with E-state index in [2.05, 4.69) is 26.2 Å². The highest BCUT2D eigenvalue weighted by molar-refractivity contribution is 9.10. The molecule has 0 aliphatic heterocycles. The second-order valence-corrected chi connectivity index (χ2v) is 5.58. The summed E-state index contributed by atoms with van der Waals surface area (Å²) in [6.45, 7) is 3.86. The highest BCUT2D eigenvalue weighted by atomic mass is 79.9. The molecule has 0 aliphatic rings. The maximum Gasteiger partial charge on any atom is 0.130 e. The van der Waals surface area contributed by atoms with Crippen LogP contribution in [0.2, 0.25) is 10.0 Å². The Balaban J connectivity index is 2.39. The van der Waals surface area contributed by atoms with E-state index in [9.17, 15) is 0 Å². The van der Waals surface area contributed by atoms with Crippen LogP contribution in [0.4, 0.5) is 11.5 Å². The number of nitrogens with zero attached hydrogens (tertiary/aromatic N) is 1. The molecule has 1 aromatic carbocycles. The monoisotopic (exact) mass is 344 g/mol. The first-order valence-corrected chi connectivity index (χ1v) is 6.88. The summed E-state index contributed by atoms with van der Waals surface area (Å²) in [5.74, 6) is 0.713. The summed E-state index contributed by atoms with van der Waals surface area (Å²) in [5.41, 5.74) is 2.56. The van der Waals surface area contributed by atoms with Gasteiger partial charge in [-0.3, -0.25) is 0 Å². The molecule has 5 heteroatoms. The first kappa shape index (κ1) is 13.7. The quantitative estimate of drug-likeness (QED) is 0.776. The molecule has 0 atom stereocenters. The van der Waals surface area contributed by atoms with E-state index < -0.39 is 0 Å². The van der Waals surface area contributed by atoms with Crippen LogP contribution in [-0.2, 0) is 0 Å². The number of pyridine rings is 1. The molecule has 18 heavy (non-hydrogen) atoms. The van der Waals surface area contributed by atoms with Crippen molar-refractivity contribution in [1.29, 1.82) is 0 Å². The molecule has 2 rings (SSSR count). The van der Waals surface area contributed by atoms with Gasteiger partial charge in [0.15, 0.2) is 0 Å². The topological polar surface area (TPSA) is 24.9 Å². The van der Waals surface area contributed by atoms with Crippen molar-refractivity contribution in [3.05, 3.63) is 50.0 Å². The van der Waals surface area contributed by atoms with Gasteiger partial charge in [0.1, 0.15) is 5.82 Å². The number of halogens is 3. The third kappa shape index (κ3) is 2.79. The van der Waals surface area contributed by atoms with Gasteiger partial charge in [-0.25, -0.2) is 4.98 Å². The maximum absolute atomic E-state index is 6.24. The first-order valence-electron chi connectivity index (χ1n) is 5.34. The number of hydrogen-bond donors (Lipinski definition) is 1. The molecule has 94 valence electrons. The number of rotatable bonds is 2. The van der Waals surface area contributed by atoms with Gasteiger partial charge < -0.3 is 5.32 Å². The molecule has 0 bridgehead atoms. The normalized spacial score (nSPS) is 10.5. The Morgan fingerprint density at radius 2 is 1.83 bits per heavy atom. The third-order valence-corrected chi connectivity index (χ3v) is 4.20. The largest absolute Gasteiger partial charge is 0.338 e. The van der Waals surface area contributed by atoms with Gasteiger partial charge in [0.2, 0.25) is 0 Å². The molecular weight excluding hydrogens is 335 g/mol. The molecular formula is C13H11BrCl2N2. The molecule has 0 fully saturated rings. The minimum Gasteiger partial charge on any atom is -0.338 e. The molecule has 0 saturated carbocycles. The molecule has 1 heterocycles. The van der Waals surface area contributed by atoms with Crippen molar-refractivity contribution < 1.29 is 0 Å². The van der Waals surface area contributed by atoms with Crippen LogP contribution in [0.15, 0.2) is 28.7 Å². The van der Waals surface area contributed by atoms with Gasteiger partial charge in [-0.05, 0) is 53.5 Å². The van der Waals surface area contributed by atoms with Crippen molar-refractivity contribution in [3.63, 3.8) is 0 Å². The summed E-state index contributed by atoms with van der Waals surface area (Å²) in [4.78, 5) is 4.40. The second kappa shape index (κ2) is 5.47. The smallest absolute Gasteiger partial charge is 0.130 e. The average molecular weight is 346 g/mol. The lowest BCUT2D eigenvalue weighted by molar-refractivity contribution is 1.18. The van der Waals surface area contributed by atoms with Crippen molar-refractivity contribution in [3.8, 4) is 0 Å². The van der Waals surface area contributed by atoms with Gasteiger partial charge in [-0.15, -0.1) is 0 Å². The van der Waals surface area contributed by atoms with Gasteiger partial charge in [-0.2, -0.15) is 0 Å². The molecule has 1 N–H and O–H groups in total. The van der Waals surface area contributed by atoms with Crippen molar-refractivity contribution in [1.82, 2.24) is 4.98 Å². The van der Waals surface area contributed by atoms with E-state index in [1.807, 2.05) is 38.1 Å². The van der Waals surface area contributed by atoms with Crippen LogP contribution in [0.1, 0.15) is 11.3 Å². The summed E-state index contributed by atoms with van der Waals surface area (Å²) in [5, 5.41) is 4.35. The summed E-state index contributed by atoms with van der Waals surface area (Å²) in [6, 6.07) is 7.50. The van der Waals surface area contributed by atoms with Crippen LogP contribution in [0, 0.1) is 13.8 Å². The zero-order valence-electron chi connectivity index (χ0n) is 9.89. The Hall–Kier alpha value is -0.770. The van der Waals surface area contributed by atoms with Crippen LogP contribution >= 0.6 is 39.1 Å². The zero-order chi connectivity index (χ0) is 13.3. The van der Waals surface area contributed by atoms with E-state index >= 15 is 0 Å². The van der Waals surface area contributed by atoms with Crippen molar-refractivity contribution in [2.75, 3.05) is 5.32 Å². The van der Waals surface area contributed by atoms with E-state index in [0.717, 1.165) is 15.7 Å². The minimum absolute atomic E-state index is 0.577. The van der Waals surface area contributed by atoms with Gasteiger partial charge in [0.05, 0.1) is 21.4 Å². The molecule has 2 aromatic rings. The van der Waals surface area contributed by atoms with E-state index in [0.29, 0.717) is 21.6 Å². The van der Waals surface area contributed by atoms with Crippen LogP contribution in [-0.4, -0.2) is 4.98 Å². The molecule has 0 unspecified atom stereocenters. The fraction of sp³-hybridized carbons (Fsp3) is 0.154. The predicted octanol–water partition coefficient (Wildman–Crippen LogP) is 5.51. The van der Waals surface area contributed by atoms with E-state index in [1.54, 1.807) is 0 Å². The Bertz CT molecular complexity index is 600. The fourth-order valence-electron chi connectivity index (χ4n) is 1.51. The SMILES string of the molecule is Cc1ccc(Cl)c(Nc2ccc(Br)c(C)n2)c1Cl. The summed E-state index contributed by atoms with van der Waals surface area (Å²) in [7, 11) is 0. The van der Waals surface area contributed by atoms with Crippen LogP contribution in [0.25, 0.3) is 0 Å². The highest BCUT2D eigenvalue weighted by Gasteiger charge is 2.09. The zero-order valence-corrected chi connectivity index (χ0v) is 13.0. The Kier molecular flexibility index (Phi) is 4.15. The lowest BCUT2D eigenvalue weighted by Crippen LogP contribution is -1.97. The Morgan fingerprint density at radius 3 is 2.50 bits per heavy atom. The maximum atomic E-state index is 6.24. The van der Waals surface area contributed by atoms with Crippen molar-refractivity contribution >= 4 is 50.6 Å². The number of aromatic nitrogens is 1. The lowest BCUT2D eigenvalue weighted by atomic mass is 10.2. The lowest BCUT2D eigenvalue weighted by Gasteiger charge is -2.12. The minimum atomic E-state index is 0.577. The number of nitrogens with one attached hydrogen (secondary N) is 1. The van der Waals surface area contributed by atoms with Gasteiger partial charge in [0, 0.05) is 4.47 Å². The molecule has 0 amide bonds. The first-order chi connectivity index (χ1) is 8.49. The molecule has 0 radical (unpaired) electrons. The van der Waals surface area contributed by atoms with Crippen LogP contribution in [0.3, 0.4) is 0 Å². The van der Waals surface area contributed by atoms with Gasteiger partial charge in [-0.1, -0.05) is 29.3 Å². The van der Waals surface area contributed by atoms with E-state index in [1.165, 1.54) is 0 Å². The van der Waals surface area contributed by atoms with Crippen molar-refractivity contribution in [2.45, 2.75) is 13.8 Å². The summed E-state index contributed by atoms with van der Waals surface area (Å²) in [6.07, 6.45) is 0. The molecule has 0 aliphatic carbocycles. The predicted molar refractivity (Wildman–Crippen MR) is 81.2 cm³/mol. The third-order valence-electron chi connectivity index (χ3n) is 2.56. The van der Waals surface area contributed by atoms with Crippen LogP contribution < -0.4 is 5.32 Å². The molecule has 0 saturated heterocycles. The standard InChI is InChI=1S/C13H11BrCl2N2/c1-7-3-5-10(15)13(12(7)16)18-11-6-4-9(14)8(2)17-11/h3-6H,1-2H3,(H,17,18).